The molecule has 7 nitrogen and oxygen atoms in total. The summed E-state index contributed by atoms with van der Waals surface area (Å²) in [6, 6.07) is 2.00. The van der Waals surface area contributed by atoms with Crippen molar-refractivity contribution in [3.8, 4) is 0 Å². The van der Waals surface area contributed by atoms with Gasteiger partial charge in [0.2, 0.25) is 11.8 Å². The van der Waals surface area contributed by atoms with E-state index in [2.05, 4.69) is 20.3 Å². The van der Waals surface area contributed by atoms with E-state index in [1.807, 2.05) is 19.9 Å². The normalized spacial score (nSPS) is 28.4. The number of nitrogens with zero attached hydrogens (tertiary/aromatic N) is 4. The molecule has 7 heteroatoms. The molecule has 2 aliphatic rings. The monoisotopic (exact) mass is 304 g/mol. The van der Waals surface area contributed by atoms with Crippen LogP contribution in [0.25, 0.3) is 0 Å². The first-order chi connectivity index (χ1) is 10.7. The molecule has 3 atom stereocenters. The zero-order chi connectivity index (χ0) is 15.1. The summed E-state index contributed by atoms with van der Waals surface area (Å²) in [6.07, 6.45) is 2.28. The second-order valence-corrected chi connectivity index (χ2v) is 6.33. The quantitative estimate of drug-likeness (QED) is 0.847. The molecule has 2 fully saturated rings. The van der Waals surface area contributed by atoms with Crippen molar-refractivity contribution in [3.05, 3.63) is 29.3 Å². The Morgan fingerprint density at radius 1 is 1.27 bits per heavy atom. The molecule has 0 N–H and O–H groups in total. The van der Waals surface area contributed by atoms with E-state index in [0.717, 1.165) is 43.9 Å². The lowest BCUT2D eigenvalue weighted by atomic mass is 10.0. The predicted octanol–water partition coefficient (Wildman–Crippen LogP) is 1.51. The highest BCUT2D eigenvalue weighted by molar-refractivity contribution is 5.05. The number of fused-ring (bicyclic) bond motifs is 1. The summed E-state index contributed by atoms with van der Waals surface area (Å²) in [5, 5.41) is 12.0. The van der Waals surface area contributed by atoms with Crippen molar-refractivity contribution in [1.82, 2.24) is 20.3 Å². The number of aryl methyl sites for hydroxylation is 2. The minimum Gasteiger partial charge on any atom is -0.426 e. The topological polar surface area (TPSA) is 77.4 Å². The molecule has 0 aromatic carbocycles. The van der Waals surface area contributed by atoms with Gasteiger partial charge in [-0.25, -0.2) is 0 Å². The molecule has 4 heterocycles. The number of rotatable bonds is 4. The zero-order valence-electron chi connectivity index (χ0n) is 12.9. The Bertz CT molecular complexity index is 585. The fraction of sp³-hybridized carbons (Fsp3) is 0.667. The fourth-order valence-corrected chi connectivity index (χ4v) is 3.55. The number of hydrogen-bond donors (Lipinski definition) is 0. The second kappa shape index (κ2) is 5.48. The van der Waals surface area contributed by atoms with Gasteiger partial charge in [-0.15, -0.1) is 10.2 Å². The third-order valence-corrected chi connectivity index (χ3v) is 4.42. The lowest BCUT2D eigenvalue weighted by molar-refractivity contribution is 0.0348. The van der Waals surface area contributed by atoms with Crippen LogP contribution in [0.4, 0.5) is 0 Å². The van der Waals surface area contributed by atoms with Gasteiger partial charge >= 0.3 is 0 Å². The summed E-state index contributed by atoms with van der Waals surface area (Å²) in [5.74, 6) is 2.74. The van der Waals surface area contributed by atoms with Crippen LogP contribution in [0.1, 0.15) is 29.7 Å². The molecule has 0 unspecified atom stereocenters. The van der Waals surface area contributed by atoms with Gasteiger partial charge in [0.25, 0.3) is 0 Å². The summed E-state index contributed by atoms with van der Waals surface area (Å²) in [4.78, 5) is 2.39. The van der Waals surface area contributed by atoms with Crippen molar-refractivity contribution in [2.45, 2.75) is 45.4 Å². The largest absolute Gasteiger partial charge is 0.426 e. The van der Waals surface area contributed by atoms with E-state index in [4.69, 9.17) is 13.7 Å². The second-order valence-electron chi connectivity index (χ2n) is 6.33. The third-order valence-electron chi connectivity index (χ3n) is 4.42. The van der Waals surface area contributed by atoms with Crippen molar-refractivity contribution in [1.29, 1.82) is 0 Å². The van der Waals surface area contributed by atoms with Crippen molar-refractivity contribution in [2.75, 3.05) is 13.1 Å². The summed E-state index contributed by atoms with van der Waals surface area (Å²) in [6.45, 7) is 6.57. The van der Waals surface area contributed by atoms with Crippen molar-refractivity contribution in [3.63, 3.8) is 0 Å². The van der Waals surface area contributed by atoms with E-state index in [1.165, 1.54) is 0 Å². The molecule has 0 amide bonds. The standard InChI is InChI=1S/C15H20N4O3/c1-9-3-12(18-22-9)7-19-6-11-4-13(21-14(11)8-19)5-15-17-16-10(2)20-15/h3,11,13-14H,4-8H2,1-2H3/t11-,13-,14+/m0/s1. The van der Waals surface area contributed by atoms with Crippen LogP contribution in [-0.2, 0) is 17.7 Å². The molecule has 118 valence electrons. The maximum absolute atomic E-state index is 6.16. The molecular formula is C15H20N4O3. The molecule has 4 rings (SSSR count). The van der Waals surface area contributed by atoms with Crippen LogP contribution in [0.3, 0.4) is 0 Å². The number of hydrogen-bond acceptors (Lipinski definition) is 7. The van der Waals surface area contributed by atoms with Gasteiger partial charge < -0.3 is 13.7 Å². The van der Waals surface area contributed by atoms with Gasteiger partial charge in [-0.3, -0.25) is 4.90 Å². The molecule has 0 aliphatic carbocycles. The molecule has 0 saturated carbocycles. The van der Waals surface area contributed by atoms with E-state index >= 15 is 0 Å². The van der Waals surface area contributed by atoms with Gasteiger partial charge in [0, 0.05) is 38.5 Å². The Morgan fingerprint density at radius 3 is 2.86 bits per heavy atom. The predicted molar refractivity (Wildman–Crippen MR) is 76.0 cm³/mol. The first kappa shape index (κ1) is 13.9. The molecule has 0 spiro atoms. The molecule has 2 saturated heterocycles. The molecule has 2 aromatic heterocycles. The highest BCUT2D eigenvalue weighted by atomic mass is 16.5. The molecule has 2 aromatic rings. The van der Waals surface area contributed by atoms with Crippen LogP contribution in [0.2, 0.25) is 0 Å². The Kier molecular flexibility index (Phi) is 3.46. The number of ether oxygens (including phenoxy) is 1. The minimum atomic E-state index is 0.200. The Morgan fingerprint density at radius 2 is 2.18 bits per heavy atom. The summed E-state index contributed by atoms with van der Waals surface area (Å²) < 4.78 is 16.7. The Hall–Kier alpha value is -1.73. The molecule has 0 bridgehead atoms. The lowest BCUT2D eigenvalue weighted by Gasteiger charge is -2.17. The van der Waals surface area contributed by atoms with E-state index in [-0.39, 0.29) is 6.10 Å². The van der Waals surface area contributed by atoms with Gasteiger partial charge in [0.15, 0.2) is 0 Å². The van der Waals surface area contributed by atoms with Crippen LogP contribution in [0.15, 0.2) is 15.0 Å². The van der Waals surface area contributed by atoms with Gasteiger partial charge in [0.1, 0.15) is 5.76 Å². The highest BCUT2D eigenvalue weighted by Crippen LogP contribution is 2.34. The minimum absolute atomic E-state index is 0.200. The zero-order valence-corrected chi connectivity index (χ0v) is 12.9. The summed E-state index contributed by atoms with van der Waals surface area (Å²) in [7, 11) is 0. The van der Waals surface area contributed by atoms with Gasteiger partial charge in [-0.2, -0.15) is 0 Å². The maximum Gasteiger partial charge on any atom is 0.219 e. The van der Waals surface area contributed by atoms with E-state index in [9.17, 15) is 0 Å². The summed E-state index contributed by atoms with van der Waals surface area (Å²) in [5.41, 5.74) is 0.996. The molecule has 2 aliphatic heterocycles. The maximum atomic E-state index is 6.16. The van der Waals surface area contributed by atoms with E-state index in [0.29, 0.717) is 23.8 Å². The van der Waals surface area contributed by atoms with E-state index < -0.39 is 0 Å². The highest BCUT2D eigenvalue weighted by Gasteiger charge is 2.42. The Labute approximate surface area is 128 Å². The average molecular weight is 304 g/mol. The van der Waals surface area contributed by atoms with Gasteiger partial charge in [-0.05, 0) is 13.3 Å². The number of likely N-dealkylation sites (tertiary alicyclic amines) is 1. The SMILES string of the molecule is Cc1cc(CN2C[C@@H]3C[C@@H](Cc4nnc(C)o4)O[C@@H]3C2)no1. The Balaban J connectivity index is 1.30. The third kappa shape index (κ3) is 2.78. The lowest BCUT2D eigenvalue weighted by Crippen LogP contribution is -2.25. The molecular weight excluding hydrogens is 284 g/mol. The van der Waals surface area contributed by atoms with Crippen LogP contribution < -0.4 is 0 Å². The molecule has 0 radical (unpaired) electrons. The van der Waals surface area contributed by atoms with Crippen LogP contribution in [-0.4, -0.2) is 45.6 Å². The first-order valence-corrected chi connectivity index (χ1v) is 7.74. The summed E-state index contributed by atoms with van der Waals surface area (Å²) >= 11 is 0. The van der Waals surface area contributed by atoms with Crippen molar-refractivity contribution < 1.29 is 13.7 Å². The first-order valence-electron chi connectivity index (χ1n) is 7.74. The van der Waals surface area contributed by atoms with Crippen LogP contribution >= 0.6 is 0 Å². The smallest absolute Gasteiger partial charge is 0.219 e. The number of aromatic nitrogens is 3. The van der Waals surface area contributed by atoms with Crippen molar-refractivity contribution in [2.24, 2.45) is 5.92 Å². The van der Waals surface area contributed by atoms with Crippen molar-refractivity contribution >= 4 is 0 Å². The van der Waals surface area contributed by atoms with E-state index in [1.54, 1.807) is 0 Å². The fourth-order valence-electron chi connectivity index (χ4n) is 3.55. The van der Waals surface area contributed by atoms with Gasteiger partial charge in [-0.1, -0.05) is 5.16 Å². The van der Waals surface area contributed by atoms with Crippen LogP contribution in [0.5, 0.6) is 0 Å². The molecule has 22 heavy (non-hydrogen) atoms. The van der Waals surface area contributed by atoms with Gasteiger partial charge in [0.05, 0.1) is 24.3 Å². The average Bonchev–Trinajstić information content (AvgIpc) is 3.18. The van der Waals surface area contributed by atoms with Crippen LogP contribution in [0, 0.1) is 19.8 Å².